The third-order valence-electron chi connectivity index (χ3n) is 2.19. The summed E-state index contributed by atoms with van der Waals surface area (Å²) in [5.74, 6) is 0.395. The summed E-state index contributed by atoms with van der Waals surface area (Å²) in [6.45, 7) is 0.257. The van der Waals surface area contributed by atoms with Gasteiger partial charge in [0.15, 0.2) is 0 Å². The lowest BCUT2D eigenvalue weighted by Crippen LogP contribution is -2.17. The molecule has 0 aromatic heterocycles. The van der Waals surface area contributed by atoms with Crippen molar-refractivity contribution >= 4 is 5.69 Å². The maximum atomic E-state index is 10.8. The summed E-state index contributed by atoms with van der Waals surface area (Å²) in [5, 5.41) is 23.3. The minimum absolute atomic E-state index is 0.137. The molecule has 0 saturated carbocycles. The number of rotatable bonds is 5. The molecule has 1 aromatic rings. The van der Waals surface area contributed by atoms with Gasteiger partial charge in [-0.3, -0.25) is 10.1 Å². The normalized spacial score (nSPS) is 12.2. The minimum atomic E-state index is -0.906. The quantitative estimate of drug-likeness (QED) is 0.574. The van der Waals surface area contributed by atoms with Crippen LogP contribution in [0.5, 0.6) is 5.75 Å². The minimum Gasteiger partial charge on any atom is -0.497 e. The fraction of sp³-hybridized carbons (Fsp3) is 0.400. The van der Waals surface area contributed by atoms with Gasteiger partial charge >= 0.3 is 0 Å². The summed E-state index contributed by atoms with van der Waals surface area (Å²) in [6.07, 6.45) is -0.906. The Morgan fingerprint density at radius 1 is 1.62 bits per heavy atom. The molecule has 1 rings (SSSR count). The van der Waals surface area contributed by atoms with Gasteiger partial charge in [0.05, 0.1) is 29.8 Å². The Labute approximate surface area is 93.0 Å². The van der Waals surface area contributed by atoms with Crippen molar-refractivity contribution < 1.29 is 14.8 Å². The zero-order valence-electron chi connectivity index (χ0n) is 9.14. The van der Waals surface area contributed by atoms with Crippen LogP contribution < -0.4 is 10.1 Å². The number of aliphatic hydroxyl groups is 1. The Morgan fingerprint density at radius 2 is 2.31 bits per heavy atom. The molecule has 16 heavy (non-hydrogen) atoms. The zero-order valence-corrected chi connectivity index (χ0v) is 9.14. The van der Waals surface area contributed by atoms with Crippen LogP contribution in [0.4, 0.5) is 5.69 Å². The van der Waals surface area contributed by atoms with E-state index in [0.717, 1.165) is 0 Å². The highest BCUT2D eigenvalue weighted by Crippen LogP contribution is 2.28. The molecule has 0 aliphatic rings. The van der Waals surface area contributed by atoms with Crippen LogP contribution in [-0.4, -0.2) is 30.7 Å². The number of methoxy groups -OCH3 is 1. The molecular weight excluding hydrogens is 212 g/mol. The maximum Gasteiger partial charge on any atom is 0.278 e. The van der Waals surface area contributed by atoms with Crippen molar-refractivity contribution in [2.24, 2.45) is 0 Å². The van der Waals surface area contributed by atoms with Crippen LogP contribution >= 0.6 is 0 Å². The van der Waals surface area contributed by atoms with E-state index in [1.54, 1.807) is 13.1 Å². The van der Waals surface area contributed by atoms with Crippen LogP contribution in [0, 0.1) is 10.1 Å². The lowest BCUT2D eigenvalue weighted by Gasteiger charge is -2.11. The number of nitro groups is 1. The largest absolute Gasteiger partial charge is 0.497 e. The van der Waals surface area contributed by atoms with Crippen molar-refractivity contribution in [2.45, 2.75) is 6.10 Å². The molecule has 0 heterocycles. The molecule has 6 heteroatoms. The van der Waals surface area contributed by atoms with Crippen molar-refractivity contribution in [1.29, 1.82) is 0 Å². The molecule has 0 bridgehead atoms. The second-order valence-electron chi connectivity index (χ2n) is 3.26. The Morgan fingerprint density at radius 3 is 2.81 bits per heavy atom. The van der Waals surface area contributed by atoms with Crippen molar-refractivity contribution in [3.8, 4) is 5.75 Å². The van der Waals surface area contributed by atoms with E-state index in [9.17, 15) is 15.2 Å². The average molecular weight is 226 g/mol. The average Bonchev–Trinajstić information content (AvgIpc) is 2.28. The molecule has 0 aliphatic heterocycles. The number of benzene rings is 1. The molecule has 0 radical (unpaired) electrons. The summed E-state index contributed by atoms with van der Waals surface area (Å²) < 4.78 is 4.90. The van der Waals surface area contributed by atoms with Crippen molar-refractivity contribution in [3.05, 3.63) is 33.9 Å². The van der Waals surface area contributed by atoms with Gasteiger partial charge in [0.25, 0.3) is 5.69 Å². The van der Waals surface area contributed by atoms with E-state index in [4.69, 9.17) is 4.74 Å². The molecule has 0 aliphatic carbocycles. The van der Waals surface area contributed by atoms with Gasteiger partial charge in [-0.1, -0.05) is 0 Å². The molecule has 0 amide bonds. The molecular formula is C10H14N2O4. The molecule has 1 aromatic carbocycles. The number of aliphatic hydroxyl groups excluding tert-OH is 1. The Kier molecular flexibility index (Phi) is 4.21. The second-order valence-corrected chi connectivity index (χ2v) is 3.26. The Balaban J connectivity index is 3.12. The Bertz CT molecular complexity index is 381. The van der Waals surface area contributed by atoms with Crippen molar-refractivity contribution in [3.63, 3.8) is 0 Å². The monoisotopic (exact) mass is 226 g/mol. The maximum absolute atomic E-state index is 10.8. The first-order chi connectivity index (χ1) is 7.60. The molecule has 6 nitrogen and oxygen atoms in total. The van der Waals surface area contributed by atoms with Crippen molar-refractivity contribution in [2.75, 3.05) is 20.7 Å². The lowest BCUT2D eigenvalue weighted by atomic mass is 10.1. The van der Waals surface area contributed by atoms with Crippen LogP contribution in [0.2, 0.25) is 0 Å². The van der Waals surface area contributed by atoms with E-state index in [0.29, 0.717) is 5.75 Å². The molecule has 2 N–H and O–H groups in total. The summed E-state index contributed by atoms with van der Waals surface area (Å²) >= 11 is 0. The predicted octanol–water partition coefficient (Wildman–Crippen LogP) is 0.856. The van der Waals surface area contributed by atoms with Crippen LogP contribution in [0.15, 0.2) is 18.2 Å². The van der Waals surface area contributed by atoms with Crippen LogP contribution in [0.1, 0.15) is 11.7 Å². The first-order valence-electron chi connectivity index (χ1n) is 4.75. The fourth-order valence-electron chi connectivity index (χ4n) is 1.39. The second kappa shape index (κ2) is 5.43. The van der Waals surface area contributed by atoms with E-state index >= 15 is 0 Å². The lowest BCUT2D eigenvalue weighted by molar-refractivity contribution is -0.386. The standard InChI is InChI=1S/C10H14N2O4/c1-11-6-10(13)8-4-3-7(16-2)5-9(8)12(14)15/h3-5,10-11,13H,6H2,1-2H3. The van der Waals surface area contributed by atoms with E-state index in [-0.39, 0.29) is 17.8 Å². The predicted molar refractivity (Wildman–Crippen MR) is 58.5 cm³/mol. The van der Waals surface area contributed by atoms with E-state index in [1.807, 2.05) is 0 Å². The highest BCUT2D eigenvalue weighted by atomic mass is 16.6. The first kappa shape index (κ1) is 12.4. The molecule has 0 fully saturated rings. The van der Waals surface area contributed by atoms with Gasteiger partial charge < -0.3 is 15.2 Å². The smallest absolute Gasteiger partial charge is 0.278 e. The topological polar surface area (TPSA) is 84.6 Å². The molecule has 1 unspecified atom stereocenters. The Hall–Kier alpha value is -1.66. The van der Waals surface area contributed by atoms with Gasteiger partial charge in [0.2, 0.25) is 0 Å². The SMILES string of the molecule is CNCC(O)c1ccc(OC)cc1[N+](=O)[O-]. The number of hydrogen-bond acceptors (Lipinski definition) is 5. The van der Waals surface area contributed by atoms with E-state index < -0.39 is 11.0 Å². The van der Waals surface area contributed by atoms with E-state index in [1.165, 1.54) is 19.2 Å². The molecule has 88 valence electrons. The molecule has 0 spiro atoms. The summed E-state index contributed by atoms with van der Waals surface area (Å²) in [7, 11) is 3.10. The highest BCUT2D eigenvalue weighted by Gasteiger charge is 2.20. The number of ether oxygens (including phenoxy) is 1. The van der Waals surface area contributed by atoms with E-state index in [2.05, 4.69) is 5.32 Å². The van der Waals surface area contributed by atoms with Crippen LogP contribution in [0.3, 0.4) is 0 Å². The van der Waals surface area contributed by atoms with Gasteiger partial charge in [0, 0.05) is 6.54 Å². The summed E-state index contributed by atoms with van der Waals surface area (Å²) in [5.41, 5.74) is 0.141. The highest BCUT2D eigenvalue weighted by molar-refractivity contribution is 5.47. The zero-order chi connectivity index (χ0) is 12.1. The third kappa shape index (κ3) is 2.68. The van der Waals surface area contributed by atoms with Gasteiger partial charge in [-0.05, 0) is 19.2 Å². The number of likely N-dealkylation sites (N-methyl/N-ethyl adjacent to an activating group) is 1. The van der Waals surface area contributed by atoms with Gasteiger partial charge in [-0.15, -0.1) is 0 Å². The third-order valence-corrected chi connectivity index (χ3v) is 2.19. The van der Waals surface area contributed by atoms with Gasteiger partial charge in [0.1, 0.15) is 5.75 Å². The number of hydrogen-bond donors (Lipinski definition) is 2. The number of nitrogens with zero attached hydrogens (tertiary/aromatic N) is 1. The summed E-state index contributed by atoms with van der Waals surface area (Å²) in [4.78, 5) is 10.3. The van der Waals surface area contributed by atoms with Crippen LogP contribution in [0.25, 0.3) is 0 Å². The summed E-state index contributed by atoms with van der Waals surface area (Å²) in [6, 6.07) is 4.38. The fourth-order valence-corrected chi connectivity index (χ4v) is 1.39. The van der Waals surface area contributed by atoms with Gasteiger partial charge in [-0.2, -0.15) is 0 Å². The molecule has 0 saturated heterocycles. The van der Waals surface area contributed by atoms with Crippen molar-refractivity contribution in [1.82, 2.24) is 5.32 Å². The van der Waals surface area contributed by atoms with Crippen LogP contribution in [-0.2, 0) is 0 Å². The first-order valence-corrected chi connectivity index (χ1v) is 4.75. The number of nitrogens with one attached hydrogen (secondary N) is 1. The molecule has 1 atom stereocenters. The van der Waals surface area contributed by atoms with Gasteiger partial charge in [-0.25, -0.2) is 0 Å². The number of nitro benzene ring substituents is 1.